The van der Waals surface area contributed by atoms with Gasteiger partial charge in [0.25, 0.3) is 0 Å². The molecule has 62 valence electrons. The van der Waals surface area contributed by atoms with Crippen molar-refractivity contribution in [2.75, 3.05) is 0 Å². The monoisotopic (exact) mass is 225 g/mol. The first-order chi connectivity index (χ1) is 5.68. The van der Waals surface area contributed by atoms with Gasteiger partial charge in [0.2, 0.25) is 0 Å². The Bertz CT molecular complexity index is 320. The topological polar surface area (TPSA) is 30.0 Å². The van der Waals surface area contributed by atoms with Gasteiger partial charge in [-0.25, -0.2) is 4.98 Å². The number of pyridine rings is 1. The third kappa shape index (κ3) is 2.96. The van der Waals surface area contributed by atoms with E-state index in [1.54, 1.807) is 6.08 Å². The fraction of sp³-hybridized carbons (Fsp3) is 0.111. The number of carbonyl (C=O) groups excluding carboxylic acids is 1. The SMILES string of the molecule is CC(=O)/C=C/c1cccc(Br)n1. The van der Waals surface area contributed by atoms with Crippen LogP contribution in [0.3, 0.4) is 0 Å². The summed E-state index contributed by atoms with van der Waals surface area (Å²) >= 11 is 3.24. The van der Waals surface area contributed by atoms with E-state index in [9.17, 15) is 4.79 Å². The molecule has 0 amide bonds. The molecule has 0 unspecified atom stereocenters. The lowest BCUT2D eigenvalue weighted by Crippen LogP contribution is -1.83. The highest BCUT2D eigenvalue weighted by Crippen LogP contribution is 2.07. The molecule has 0 fully saturated rings. The molecule has 0 saturated heterocycles. The van der Waals surface area contributed by atoms with Crippen molar-refractivity contribution in [1.29, 1.82) is 0 Å². The number of nitrogens with zero attached hydrogens (tertiary/aromatic N) is 1. The van der Waals surface area contributed by atoms with Crippen LogP contribution in [0.2, 0.25) is 0 Å². The minimum absolute atomic E-state index is 0.0248. The number of carbonyl (C=O) groups is 1. The van der Waals surface area contributed by atoms with Gasteiger partial charge in [0.05, 0.1) is 5.69 Å². The van der Waals surface area contributed by atoms with E-state index in [0.29, 0.717) is 0 Å². The third-order valence-corrected chi connectivity index (χ3v) is 1.67. The predicted molar refractivity (Wildman–Crippen MR) is 51.7 cm³/mol. The van der Waals surface area contributed by atoms with E-state index < -0.39 is 0 Å². The molecule has 1 rings (SSSR count). The lowest BCUT2D eigenvalue weighted by Gasteiger charge is -1.91. The standard InChI is InChI=1S/C9H8BrNO/c1-7(12)5-6-8-3-2-4-9(10)11-8/h2-6H,1H3/b6-5+. The number of hydrogen-bond acceptors (Lipinski definition) is 2. The summed E-state index contributed by atoms with van der Waals surface area (Å²) in [6.07, 6.45) is 3.18. The van der Waals surface area contributed by atoms with Crippen LogP contribution < -0.4 is 0 Å². The van der Waals surface area contributed by atoms with Crippen molar-refractivity contribution in [1.82, 2.24) is 4.98 Å². The van der Waals surface area contributed by atoms with Crippen LogP contribution in [-0.2, 0) is 4.79 Å². The maximum Gasteiger partial charge on any atom is 0.152 e. The van der Waals surface area contributed by atoms with Crippen molar-refractivity contribution in [2.24, 2.45) is 0 Å². The largest absolute Gasteiger partial charge is 0.295 e. The van der Waals surface area contributed by atoms with Crippen molar-refractivity contribution in [2.45, 2.75) is 6.92 Å². The number of rotatable bonds is 2. The molecule has 0 N–H and O–H groups in total. The highest BCUT2D eigenvalue weighted by molar-refractivity contribution is 9.10. The maximum absolute atomic E-state index is 10.6. The normalized spacial score (nSPS) is 10.5. The Balaban J connectivity index is 2.83. The summed E-state index contributed by atoms with van der Waals surface area (Å²) in [5.74, 6) is 0.0248. The van der Waals surface area contributed by atoms with Crippen LogP contribution in [0, 0.1) is 0 Å². The summed E-state index contributed by atoms with van der Waals surface area (Å²) < 4.78 is 0.771. The Kier molecular flexibility index (Phi) is 3.17. The average Bonchev–Trinajstić information content (AvgIpc) is 2.01. The number of ketones is 1. The van der Waals surface area contributed by atoms with Gasteiger partial charge in [-0.2, -0.15) is 0 Å². The summed E-state index contributed by atoms with van der Waals surface area (Å²) in [6, 6.07) is 5.55. The van der Waals surface area contributed by atoms with E-state index in [0.717, 1.165) is 10.3 Å². The van der Waals surface area contributed by atoms with Crippen molar-refractivity contribution in [3.05, 3.63) is 34.6 Å². The molecule has 0 bridgehead atoms. The molecular formula is C9H8BrNO. The van der Waals surface area contributed by atoms with Gasteiger partial charge in [0.15, 0.2) is 5.78 Å². The zero-order chi connectivity index (χ0) is 8.97. The van der Waals surface area contributed by atoms with Gasteiger partial charge < -0.3 is 0 Å². The number of allylic oxidation sites excluding steroid dienone is 1. The van der Waals surface area contributed by atoms with E-state index in [1.807, 2.05) is 18.2 Å². The van der Waals surface area contributed by atoms with Crippen molar-refractivity contribution in [3.8, 4) is 0 Å². The highest BCUT2D eigenvalue weighted by Gasteiger charge is 1.90. The molecule has 2 nitrogen and oxygen atoms in total. The van der Waals surface area contributed by atoms with Crippen LogP contribution in [-0.4, -0.2) is 10.8 Å². The molecule has 1 aromatic rings. The summed E-state index contributed by atoms with van der Waals surface area (Å²) in [6.45, 7) is 1.51. The van der Waals surface area contributed by atoms with Crippen molar-refractivity contribution < 1.29 is 4.79 Å². The zero-order valence-electron chi connectivity index (χ0n) is 6.62. The van der Waals surface area contributed by atoms with Crippen LogP contribution in [0.25, 0.3) is 6.08 Å². The smallest absolute Gasteiger partial charge is 0.152 e. The lowest BCUT2D eigenvalue weighted by atomic mass is 10.3. The molecule has 0 aliphatic rings. The fourth-order valence-electron chi connectivity index (χ4n) is 0.720. The second kappa shape index (κ2) is 4.16. The summed E-state index contributed by atoms with van der Waals surface area (Å²) in [4.78, 5) is 14.7. The Labute approximate surface area is 79.5 Å². The number of hydrogen-bond donors (Lipinski definition) is 0. The molecule has 1 heterocycles. The minimum Gasteiger partial charge on any atom is -0.295 e. The second-order valence-corrected chi connectivity index (χ2v) is 3.14. The van der Waals surface area contributed by atoms with Crippen molar-refractivity contribution in [3.63, 3.8) is 0 Å². The minimum atomic E-state index is 0.0248. The summed E-state index contributed by atoms with van der Waals surface area (Å²) in [7, 11) is 0. The number of halogens is 1. The Hall–Kier alpha value is -0.960. The Morgan fingerprint density at radius 1 is 1.58 bits per heavy atom. The van der Waals surface area contributed by atoms with Gasteiger partial charge in [-0.15, -0.1) is 0 Å². The van der Waals surface area contributed by atoms with E-state index in [1.165, 1.54) is 13.0 Å². The zero-order valence-corrected chi connectivity index (χ0v) is 8.21. The molecule has 0 aliphatic heterocycles. The average molecular weight is 226 g/mol. The van der Waals surface area contributed by atoms with E-state index >= 15 is 0 Å². The van der Waals surface area contributed by atoms with E-state index in [2.05, 4.69) is 20.9 Å². The molecule has 3 heteroatoms. The highest BCUT2D eigenvalue weighted by atomic mass is 79.9. The van der Waals surface area contributed by atoms with Crippen LogP contribution in [0.4, 0.5) is 0 Å². The van der Waals surface area contributed by atoms with Gasteiger partial charge in [-0.3, -0.25) is 4.79 Å². The summed E-state index contributed by atoms with van der Waals surface area (Å²) in [5, 5.41) is 0. The van der Waals surface area contributed by atoms with Crippen LogP contribution in [0.5, 0.6) is 0 Å². The molecule has 12 heavy (non-hydrogen) atoms. The number of aromatic nitrogens is 1. The molecule has 0 saturated carbocycles. The first kappa shape index (κ1) is 9.13. The third-order valence-electron chi connectivity index (χ3n) is 1.23. The van der Waals surface area contributed by atoms with Crippen LogP contribution in [0.15, 0.2) is 28.9 Å². The maximum atomic E-state index is 10.6. The van der Waals surface area contributed by atoms with Crippen LogP contribution in [0.1, 0.15) is 12.6 Å². The molecule has 0 atom stereocenters. The van der Waals surface area contributed by atoms with Gasteiger partial charge in [0.1, 0.15) is 4.60 Å². The predicted octanol–water partition coefficient (Wildman–Crippen LogP) is 2.45. The molecule has 0 aliphatic carbocycles. The van der Waals surface area contributed by atoms with E-state index in [4.69, 9.17) is 0 Å². The molecule has 0 radical (unpaired) electrons. The van der Waals surface area contributed by atoms with Crippen molar-refractivity contribution >= 4 is 27.8 Å². The Morgan fingerprint density at radius 2 is 2.33 bits per heavy atom. The Morgan fingerprint density at radius 3 is 2.92 bits per heavy atom. The van der Waals surface area contributed by atoms with Gasteiger partial charge in [0, 0.05) is 0 Å². The lowest BCUT2D eigenvalue weighted by molar-refractivity contribution is -0.112. The van der Waals surface area contributed by atoms with Gasteiger partial charge >= 0.3 is 0 Å². The van der Waals surface area contributed by atoms with Crippen LogP contribution >= 0.6 is 15.9 Å². The molecule has 0 aromatic carbocycles. The fourth-order valence-corrected chi connectivity index (χ4v) is 1.08. The quantitative estimate of drug-likeness (QED) is 0.572. The molecular weight excluding hydrogens is 218 g/mol. The second-order valence-electron chi connectivity index (χ2n) is 2.33. The first-order valence-corrected chi connectivity index (χ1v) is 4.29. The first-order valence-electron chi connectivity index (χ1n) is 3.50. The summed E-state index contributed by atoms with van der Waals surface area (Å²) in [5.41, 5.74) is 0.777. The van der Waals surface area contributed by atoms with Gasteiger partial charge in [-0.1, -0.05) is 6.07 Å². The molecule has 1 aromatic heterocycles. The van der Waals surface area contributed by atoms with E-state index in [-0.39, 0.29) is 5.78 Å². The molecule has 0 spiro atoms. The van der Waals surface area contributed by atoms with Gasteiger partial charge in [-0.05, 0) is 47.1 Å².